The molecule has 4 nitrogen and oxygen atoms in total. The Kier molecular flexibility index (Phi) is 1.36. The standard InChI is InChI=1S/C8H10N4/c1-5-9-7-4-12(3)6(2)11-8(7)10-5/h4H,1-3H3. The van der Waals surface area contributed by atoms with E-state index in [0.717, 1.165) is 23.2 Å². The zero-order chi connectivity index (χ0) is 8.72. The number of hydrogen-bond donors (Lipinski definition) is 0. The van der Waals surface area contributed by atoms with Crippen LogP contribution in [-0.2, 0) is 7.05 Å². The highest BCUT2D eigenvalue weighted by Gasteiger charge is 2.10. The maximum Gasteiger partial charge on any atom is 0.183 e. The molecule has 2 rings (SSSR count). The molecule has 0 saturated heterocycles. The van der Waals surface area contributed by atoms with Crippen LogP contribution >= 0.6 is 0 Å². The summed E-state index contributed by atoms with van der Waals surface area (Å²) in [5.41, 5.74) is 0.862. The fourth-order valence-electron chi connectivity index (χ4n) is 1.14. The van der Waals surface area contributed by atoms with E-state index in [1.807, 2.05) is 31.7 Å². The van der Waals surface area contributed by atoms with Crippen LogP contribution in [0.3, 0.4) is 0 Å². The minimum atomic E-state index is 0.739. The van der Waals surface area contributed by atoms with E-state index in [0.29, 0.717) is 0 Å². The van der Waals surface area contributed by atoms with Crippen molar-refractivity contribution in [3.05, 3.63) is 17.8 Å². The summed E-state index contributed by atoms with van der Waals surface area (Å²) >= 11 is 0. The predicted molar refractivity (Wildman–Crippen MR) is 44.9 cm³/mol. The van der Waals surface area contributed by atoms with E-state index in [4.69, 9.17) is 0 Å². The van der Waals surface area contributed by atoms with Crippen LogP contribution in [0.25, 0.3) is 11.5 Å². The SMILES string of the molecule is Cc1nc2cn(C)c(C)nc-2n1. The second-order valence-electron chi connectivity index (χ2n) is 2.88. The fraction of sp³-hybridized carbons (Fsp3) is 0.375. The molecule has 0 aromatic carbocycles. The van der Waals surface area contributed by atoms with Crippen LogP contribution < -0.4 is 0 Å². The second-order valence-corrected chi connectivity index (χ2v) is 2.88. The van der Waals surface area contributed by atoms with Crippen molar-refractivity contribution < 1.29 is 0 Å². The zero-order valence-corrected chi connectivity index (χ0v) is 7.37. The van der Waals surface area contributed by atoms with Crippen LogP contribution in [0.15, 0.2) is 6.20 Å². The Balaban J connectivity index is 2.75. The number of aromatic nitrogens is 4. The Labute approximate surface area is 70.6 Å². The van der Waals surface area contributed by atoms with Crippen molar-refractivity contribution in [2.75, 3.05) is 0 Å². The Hall–Kier alpha value is -1.45. The minimum Gasteiger partial charge on any atom is -0.337 e. The molecule has 4 heteroatoms. The molecule has 0 aromatic rings. The van der Waals surface area contributed by atoms with Crippen LogP contribution in [0.4, 0.5) is 0 Å². The highest BCUT2D eigenvalue weighted by molar-refractivity contribution is 5.49. The highest BCUT2D eigenvalue weighted by atomic mass is 15.1. The molecule has 0 spiro atoms. The maximum atomic E-state index is 4.29. The summed E-state index contributed by atoms with van der Waals surface area (Å²) in [6.45, 7) is 3.82. The molecule has 62 valence electrons. The molecule has 0 amide bonds. The monoisotopic (exact) mass is 162 g/mol. The minimum absolute atomic E-state index is 0.739. The summed E-state index contributed by atoms with van der Waals surface area (Å²) in [5.74, 6) is 2.47. The number of hydrogen-bond acceptors (Lipinski definition) is 3. The summed E-state index contributed by atoms with van der Waals surface area (Å²) in [4.78, 5) is 12.7. The average molecular weight is 162 g/mol. The van der Waals surface area contributed by atoms with E-state index in [9.17, 15) is 0 Å². The highest BCUT2D eigenvalue weighted by Crippen LogP contribution is 2.15. The van der Waals surface area contributed by atoms with Crippen molar-refractivity contribution in [1.29, 1.82) is 0 Å². The molecule has 0 aliphatic carbocycles. The van der Waals surface area contributed by atoms with Crippen LogP contribution in [0.1, 0.15) is 11.6 Å². The maximum absolute atomic E-state index is 4.29. The predicted octanol–water partition coefficient (Wildman–Crippen LogP) is 0.932. The first-order valence-corrected chi connectivity index (χ1v) is 3.81. The van der Waals surface area contributed by atoms with E-state index in [1.165, 1.54) is 0 Å². The van der Waals surface area contributed by atoms with Crippen molar-refractivity contribution >= 4 is 0 Å². The molecule has 0 unspecified atom stereocenters. The molecular weight excluding hydrogens is 152 g/mol. The molecule has 12 heavy (non-hydrogen) atoms. The molecule has 2 aliphatic rings. The van der Waals surface area contributed by atoms with Gasteiger partial charge in [0.1, 0.15) is 17.3 Å². The first kappa shape index (κ1) is 7.21. The van der Waals surface area contributed by atoms with Crippen molar-refractivity contribution in [1.82, 2.24) is 19.5 Å². The van der Waals surface area contributed by atoms with E-state index in [2.05, 4.69) is 15.0 Å². The number of rotatable bonds is 0. The van der Waals surface area contributed by atoms with Gasteiger partial charge in [-0.05, 0) is 13.8 Å². The molecule has 0 fully saturated rings. The lowest BCUT2D eigenvalue weighted by Crippen LogP contribution is -2.01. The normalized spacial score (nSPS) is 10.9. The van der Waals surface area contributed by atoms with Gasteiger partial charge in [-0.3, -0.25) is 0 Å². The number of fused-ring (bicyclic) bond motifs is 1. The largest absolute Gasteiger partial charge is 0.337 e. The van der Waals surface area contributed by atoms with Crippen molar-refractivity contribution in [2.45, 2.75) is 13.8 Å². The number of aryl methyl sites for hydroxylation is 3. The van der Waals surface area contributed by atoms with E-state index in [-0.39, 0.29) is 0 Å². The summed E-state index contributed by atoms with van der Waals surface area (Å²) in [7, 11) is 1.95. The van der Waals surface area contributed by atoms with Crippen LogP contribution in [0, 0.1) is 13.8 Å². The van der Waals surface area contributed by atoms with Gasteiger partial charge in [0.2, 0.25) is 0 Å². The average Bonchev–Trinajstić information content (AvgIpc) is 2.30. The van der Waals surface area contributed by atoms with E-state index in [1.54, 1.807) is 0 Å². The zero-order valence-electron chi connectivity index (χ0n) is 7.37. The topological polar surface area (TPSA) is 43.6 Å². The lowest BCUT2D eigenvalue weighted by molar-refractivity contribution is 0.804. The number of imidazole rings is 1. The van der Waals surface area contributed by atoms with Crippen LogP contribution in [0.5, 0.6) is 0 Å². The van der Waals surface area contributed by atoms with Gasteiger partial charge in [0.15, 0.2) is 5.82 Å². The smallest absolute Gasteiger partial charge is 0.183 e. The van der Waals surface area contributed by atoms with Gasteiger partial charge >= 0.3 is 0 Å². The van der Waals surface area contributed by atoms with Crippen molar-refractivity contribution in [2.24, 2.45) is 7.05 Å². The van der Waals surface area contributed by atoms with Gasteiger partial charge in [-0.15, -0.1) is 0 Å². The Morgan fingerprint density at radius 3 is 2.67 bits per heavy atom. The quantitative estimate of drug-likeness (QED) is 0.578. The molecule has 2 heterocycles. The van der Waals surface area contributed by atoms with Crippen LogP contribution in [0.2, 0.25) is 0 Å². The van der Waals surface area contributed by atoms with E-state index >= 15 is 0 Å². The van der Waals surface area contributed by atoms with Gasteiger partial charge in [0.05, 0.1) is 0 Å². The van der Waals surface area contributed by atoms with Gasteiger partial charge in [0, 0.05) is 13.2 Å². The summed E-state index contributed by atoms with van der Waals surface area (Å²) in [6.07, 6.45) is 1.94. The van der Waals surface area contributed by atoms with Crippen molar-refractivity contribution in [3.8, 4) is 11.5 Å². The lowest BCUT2D eigenvalue weighted by Gasteiger charge is -2.03. The molecule has 0 N–H and O–H groups in total. The first-order valence-electron chi connectivity index (χ1n) is 3.81. The van der Waals surface area contributed by atoms with Gasteiger partial charge in [-0.25, -0.2) is 15.0 Å². The van der Waals surface area contributed by atoms with Crippen LogP contribution in [-0.4, -0.2) is 19.5 Å². The lowest BCUT2D eigenvalue weighted by atomic mass is 10.4. The van der Waals surface area contributed by atoms with Gasteiger partial charge in [-0.2, -0.15) is 0 Å². The summed E-state index contributed by atoms with van der Waals surface area (Å²) in [5, 5.41) is 0. The Morgan fingerprint density at radius 1 is 1.17 bits per heavy atom. The van der Waals surface area contributed by atoms with E-state index < -0.39 is 0 Å². The van der Waals surface area contributed by atoms with Gasteiger partial charge in [-0.1, -0.05) is 0 Å². The molecule has 0 saturated carbocycles. The Bertz CT molecular complexity index is 355. The van der Waals surface area contributed by atoms with Crippen molar-refractivity contribution in [3.63, 3.8) is 0 Å². The molecule has 0 atom stereocenters. The molecule has 2 aliphatic heterocycles. The van der Waals surface area contributed by atoms with Gasteiger partial charge in [0.25, 0.3) is 0 Å². The molecule has 0 radical (unpaired) electrons. The summed E-state index contributed by atoms with van der Waals surface area (Å²) < 4.78 is 1.94. The second kappa shape index (κ2) is 2.27. The third-order valence-corrected chi connectivity index (χ3v) is 1.87. The molecular formula is C8H10N4. The number of nitrogens with zero attached hydrogens (tertiary/aromatic N) is 4. The Morgan fingerprint density at radius 2 is 1.92 bits per heavy atom. The molecule has 0 aromatic heterocycles. The third-order valence-electron chi connectivity index (χ3n) is 1.87. The van der Waals surface area contributed by atoms with Gasteiger partial charge < -0.3 is 4.57 Å². The molecule has 0 bridgehead atoms. The summed E-state index contributed by atoms with van der Waals surface area (Å²) in [6, 6.07) is 0. The third kappa shape index (κ3) is 0.958. The first-order chi connectivity index (χ1) is 5.66. The fourth-order valence-corrected chi connectivity index (χ4v) is 1.14.